The molecular weight excluding hydrogens is 335 g/mol. The van der Waals surface area contributed by atoms with E-state index < -0.39 is 5.63 Å². The molecule has 6 heteroatoms. The van der Waals surface area contributed by atoms with Gasteiger partial charge in [0.2, 0.25) is 0 Å². The number of quaternary nitrogens is 1. The van der Waals surface area contributed by atoms with Gasteiger partial charge in [-0.15, -0.1) is 0 Å². The second kappa shape index (κ2) is 6.80. The van der Waals surface area contributed by atoms with E-state index in [0.29, 0.717) is 5.58 Å². The van der Waals surface area contributed by atoms with Gasteiger partial charge in [0.1, 0.15) is 23.7 Å². The molecule has 2 aromatic carbocycles. The molecule has 1 aliphatic rings. The van der Waals surface area contributed by atoms with Crippen LogP contribution in [0.5, 0.6) is 5.75 Å². The number of phenols is 1. The molecule has 2 N–H and O–H groups in total. The standard InChI is InChI=1S/C20H19FN2O3/c21-15-1-3-16(4-2-15)23-9-7-22(8-10-23)13-14-11-20(25)26-19-12-17(24)5-6-18(14)19/h1-6,11-12,24H,7-10,13H2/p+1. The van der Waals surface area contributed by atoms with Gasteiger partial charge in [0.15, 0.2) is 0 Å². The molecule has 1 aliphatic heterocycles. The van der Waals surface area contributed by atoms with E-state index in [2.05, 4.69) is 4.90 Å². The van der Waals surface area contributed by atoms with E-state index in [1.807, 2.05) is 12.1 Å². The number of halogens is 1. The molecule has 5 nitrogen and oxygen atoms in total. The van der Waals surface area contributed by atoms with Gasteiger partial charge in [0.05, 0.1) is 26.2 Å². The zero-order valence-electron chi connectivity index (χ0n) is 14.2. The summed E-state index contributed by atoms with van der Waals surface area (Å²) < 4.78 is 18.3. The first-order valence-corrected chi connectivity index (χ1v) is 8.68. The number of piperazine rings is 1. The summed E-state index contributed by atoms with van der Waals surface area (Å²) in [6, 6.07) is 13.0. The number of hydrogen-bond acceptors (Lipinski definition) is 4. The summed E-state index contributed by atoms with van der Waals surface area (Å²) in [5, 5.41) is 10.4. The van der Waals surface area contributed by atoms with Crippen LogP contribution < -0.4 is 15.4 Å². The number of nitrogens with zero attached hydrogens (tertiary/aromatic N) is 1. The molecule has 1 aromatic heterocycles. The van der Waals surface area contributed by atoms with E-state index in [1.54, 1.807) is 18.2 Å². The molecule has 0 bridgehead atoms. The largest absolute Gasteiger partial charge is 0.508 e. The Kier molecular flexibility index (Phi) is 4.34. The molecule has 0 unspecified atom stereocenters. The lowest BCUT2D eigenvalue weighted by atomic mass is 10.1. The third-order valence-corrected chi connectivity index (χ3v) is 4.92. The van der Waals surface area contributed by atoms with Crippen LogP contribution in [0.15, 0.2) is 57.7 Å². The normalized spacial score (nSPS) is 15.5. The van der Waals surface area contributed by atoms with Crippen LogP contribution >= 0.6 is 0 Å². The van der Waals surface area contributed by atoms with Gasteiger partial charge in [0.25, 0.3) is 0 Å². The van der Waals surface area contributed by atoms with Crippen molar-refractivity contribution in [1.82, 2.24) is 0 Å². The fourth-order valence-corrected chi connectivity index (χ4v) is 3.54. The molecule has 2 heterocycles. The summed E-state index contributed by atoms with van der Waals surface area (Å²) >= 11 is 0. The Labute approximate surface area is 149 Å². The molecule has 0 amide bonds. The smallest absolute Gasteiger partial charge is 0.336 e. The highest BCUT2D eigenvalue weighted by Gasteiger charge is 2.21. The van der Waals surface area contributed by atoms with E-state index in [9.17, 15) is 14.3 Å². The van der Waals surface area contributed by atoms with Crippen molar-refractivity contribution in [2.75, 3.05) is 31.1 Å². The van der Waals surface area contributed by atoms with Crippen LogP contribution in [0.1, 0.15) is 5.56 Å². The van der Waals surface area contributed by atoms with Crippen LogP contribution in [0.25, 0.3) is 11.0 Å². The molecule has 1 fully saturated rings. The number of phenolic OH excluding ortho intramolecular Hbond substituents is 1. The minimum Gasteiger partial charge on any atom is -0.508 e. The summed E-state index contributed by atoms with van der Waals surface area (Å²) in [4.78, 5) is 15.5. The van der Waals surface area contributed by atoms with Gasteiger partial charge < -0.3 is 19.3 Å². The van der Waals surface area contributed by atoms with Gasteiger partial charge in [-0.05, 0) is 36.4 Å². The van der Waals surface area contributed by atoms with Crippen LogP contribution in [-0.4, -0.2) is 31.3 Å². The molecule has 0 radical (unpaired) electrons. The number of anilines is 1. The molecule has 0 spiro atoms. The van der Waals surface area contributed by atoms with Crippen LogP contribution in [0, 0.1) is 5.82 Å². The molecule has 0 saturated carbocycles. The van der Waals surface area contributed by atoms with Gasteiger partial charge in [-0.3, -0.25) is 0 Å². The quantitative estimate of drug-likeness (QED) is 0.700. The highest BCUT2D eigenvalue weighted by atomic mass is 19.1. The van der Waals surface area contributed by atoms with Gasteiger partial charge in [-0.1, -0.05) is 0 Å². The average molecular weight is 355 g/mol. The maximum atomic E-state index is 13.1. The minimum absolute atomic E-state index is 0.0815. The molecule has 1 saturated heterocycles. The maximum Gasteiger partial charge on any atom is 0.336 e. The summed E-state index contributed by atoms with van der Waals surface area (Å²) in [5.74, 6) is -0.142. The summed E-state index contributed by atoms with van der Waals surface area (Å²) in [5.41, 5.74) is 1.98. The molecule has 26 heavy (non-hydrogen) atoms. The number of nitrogens with one attached hydrogen (secondary N) is 1. The number of rotatable bonds is 3. The Morgan fingerprint density at radius 2 is 1.81 bits per heavy atom. The SMILES string of the molecule is O=c1cc(C[NH+]2CCN(c3ccc(F)cc3)CC2)c2ccc(O)cc2o1. The van der Waals surface area contributed by atoms with E-state index >= 15 is 0 Å². The highest BCUT2D eigenvalue weighted by Crippen LogP contribution is 2.21. The van der Waals surface area contributed by atoms with Gasteiger partial charge in [-0.25, -0.2) is 9.18 Å². The number of aromatic hydroxyl groups is 1. The lowest BCUT2D eigenvalue weighted by Gasteiger charge is -2.33. The van der Waals surface area contributed by atoms with Crippen molar-refractivity contribution in [1.29, 1.82) is 0 Å². The molecule has 0 atom stereocenters. The van der Waals surface area contributed by atoms with E-state index in [1.165, 1.54) is 23.1 Å². The van der Waals surface area contributed by atoms with Crippen LogP contribution in [0.3, 0.4) is 0 Å². The molecule has 134 valence electrons. The molecule has 0 aliphatic carbocycles. The Morgan fingerprint density at radius 1 is 1.08 bits per heavy atom. The molecule has 4 rings (SSSR count). The van der Waals surface area contributed by atoms with E-state index in [4.69, 9.17) is 4.42 Å². The second-order valence-electron chi connectivity index (χ2n) is 6.66. The second-order valence-corrected chi connectivity index (χ2v) is 6.66. The van der Waals surface area contributed by atoms with Crippen LogP contribution in [0.4, 0.5) is 10.1 Å². The van der Waals surface area contributed by atoms with Crippen LogP contribution in [-0.2, 0) is 6.54 Å². The van der Waals surface area contributed by atoms with Crippen molar-refractivity contribution in [3.63, 3.8) is 0 Å². The number of fused-ring (bicyclic) bond motifs is 1. The first kappa shape index (κ1) is 16.6. The van der Waals surface area contributed by atoms with Gasteiger partial charge in [0, 0.05) is 28.8 Å². The Balaban J connectivity index is 1.48. The molecule has 3 aromatic rings. The Bertz CT molecular complexity index is 977. The van der Waals surface area contributed by atoms with Crippen molar-refractivity contribution in [2.45, 2.75) is 6.54 Å². The lowest BCUT2D eigenvalue weighted by molar-refractivity contribution is -0.914. The van der Waals surface area contributed by atoms with Crippen LogP contribution in [0.2, 0.25) is 0 Å². The first-order valence-electron chi connectivity index (χ1n) is 8.68. The summed E-state index contributed by atoms with van der Waals surface area (Å²) in [7, 11) is 0. The van der Waals surface area contributed by atoms with Crippen molar-refractivity contribution in [3.05, 3.63) is 70.3 Å². The number of hydrogen-bond donors (Lipinski definition) is 2. The fraction of sp³-hybridized carbons (Fsp3) is 0.250. The zero-order valence-corrected chi connectivity index (χ0v) is 14.2. The summed E-state index contributed by atoms with van der Waals surface area (Å²) in [6.07, 6.45) is 0. The predicted octanol–water partition coefficient (Wildman–Crippen LogP) is 1.54. The van der Waals surface area contributed by atoms with E-state index in [-0.39, 0.29) is 11.6 Å². The van der Waals surface area contributed by atoms with E-state index in [0.717, 1.165) is 49.4 Å². The lowest BCUT2D eigenvalue weighted by Crippen LogP contribution is -3.13. The Morgan fingerprint density at radius 3 is 2.54 bits per heavy atom. The monoisotopic (exact) mass is 355 g/mol. The Hall–Kier alpha value is -2.86. The fourth-order valence-electron chi connectivity index (χ4n) is 3.54. The third-order valence-electron chi connectivity index (χ3n) is 4.92. The zero-order chi connectivity index (χ0) is 18.1. The number of benzene rings is 2. The average Bonchev–Trinajstić information content (AvgIpc) is 2.62. The summed E-state index contributed by atoms with van der Waals surface area (Å²) in [6.45, 7) is 4.33. The maximum absolute atomic E-state index is 13.1. The first-order chi connectivity index (χ1) is 12.6. The van der Waals surface area contributed by atoms with Crippen molar-refractivity contribution < 1.29 is 18.8 Å². The van der Waals surface area contributed by atoms with Gasteiger partial charge >= 0.3 is 5.63 Å². The predicted molar refractivity (Wildman–Crippen MR) is 97.2 cm³/mol. The van der Waals surface area contributed by atoms with Crippen molar-refractivity contribution >= 4 is 16.7 Å². The minimum atomic E-state index is -0.401. The van der Waals surface area contributed by atoms with Gasteiger partial charge in [-0.2, -0.15) is 0 Å². The molecular formula is C20H20FN2O3+. The van der Waals surface area contributed by atoms with Crippen molar-refractivity contribution in [3.8, 4) is 5.75 Å². The topological polar surface area (TPSA) is 58.1 Å². The highest BCUT2D eigenvalue weighted by molar-refractivity contribution is 5.81. The third kappa shape index (κ3) is 3.41. The van der Waals surface area contributed by atoms with Crippen molar-refractivity contribution in [2.24, 2.45) is 0 Å².